The van der Waals surface area contributed by atoms with Gasteiger partial charge in [0.1, 0.15) is 17.5 Å². The summed E-state index contributed by atoms with van der Waals surface area (Å²) < 4.78 is 5.39. The third-order valence-corrected chi connectivity index (χ3v) is 5.56. The van der Waals surface area contributed by atoms with Gasteiger partial charge in [-0.15, -0.1) is 0 Å². The quantitative estimate of drug-likeness (QED) is 0.743. The average molecular weight is 399 g/mol. The fraction of sp³-hybridized carbons (Fsp3) is 0.435. The molecule has 6 heteroatoms. The molecule has 0 radical (unpaired) electrons. The molecule has 1 saturated heterocycles. The molecule has 2 N–H and O–H groups in total. The van der Waals surface area contributed by atoms with Gasteiger partial charge >= 0.3 is 0 Å². The zero-order valence-electron chi connectivity index (χ0n) is 17.1. The number of carbonyl (C=O) groups is 1. The van der Waals surface area contributed by atoms with Crippen molar-refractivity contribution >= 4 is 5.91 Å². The van der Waals surface area contributed by atoms with Gasteiger partial charge in [0, 0.05) is 31.7 Å². The molecule has 1 amide bonds. The van der Waals surface area contributed by atoms with E-state index in [1.54, 1.807) is 12.0 Å². The zero-order valence-corrected chi connectivity index (χ0v) is 17.1. The summed E-state index contributed by atoms with van der Waals surface area (Å²) in [6.07, 6.45) is -0.346. The lowest BCUT2D eigenvalue weighted by Crippen LogP contribution is -2.60. The van der Waals surface area contributed by atoms with E-state index in [4.69, 9.17) is 4.74 Å². The first kappa shape index (κ1) is 21.3. The van der Waals surface area contributed by atoms with Crippen LogP contribution in [0.1, 0.15) is 17.5 Å². The Morgan fingerprint density at radius 1 is 1.21 bits per heavy atom. The Hall–Kier alpha value is -2.41. The Labute approximate surface area is 172 Å². The number of β-amino-alcohol motifs (C(OH)–C–C–N with tert-alkyl or cyclic N) is 1. The molecular weight excluding hydrogens is 368 g/mol. The van der Waals surface area contributed by atoms with Crippen molar-refractivity contribution in [1.82, 2.24) is 9.80 Å². The van der Waals surface area contributed by atoms with Crippen LogP contribution in [0.5, 0.6) is 5.75 Å². The number of benzene rings is 2. The Kier molecular flexibility index (Phi) is 6.90. The minimum atomic E-state index is -1.25. The van der Waals surface area contributed by atoms with Crippen molar-refractivity contribution in [2.75, 3.05) is 33.8 Å². The molecule has 0 bridgehead atoms. The van der Waals surface area contributed by atoms with Crippen LogP contribution in [0, 0.1) is 0 Å². The second kappa shape index (κ2) is 9.39. The average Bonchev–Trinajstić information content (AvgIpc) is 2.71. The summed E-state index contributed by atoms with van der Waals surface area (Å²) in [4.78, 5) is 16.2. The lowest BCUT2D eigenvalue weighted by Gasteiger charge is -2.43. The number of aliphatic hydroxyl groups is 2. The minimum Gasteiger partial charge on any atom is -0.496 e. The summed E-state index contributed by atoms with van der Waals surface area (Å²) in [6.45, 7) is 1.48. The molecule has 6 nitrogen and oxygen atoms in total. The summed E-state index contributed by atoms with van der Waals surface area (Å²) in [6, 6.07) is 17.3. The summed E-state index contributed by atoms with van der Waals surface area (Å²) in [5.74, 6) is 0.771. The zero-order chi connectivity index (χ0) is 20.9. The van der Waals surface area contributed by atoms with Gasteiger partial charge in [-0.05, 0) is 25.1 Å². The summed E-state index contributed by atoms with van der Waals surface area (Å²) in [5.41, 5.74) is 0.718. The van der Waals surface area contributed by atoms with Gasteiger partial charge in [0.15, 0.2) is 0 Å². The SMILES string of the molecule is COc1ccccc1CN(C)C[C@@]1(O)CCN(C(=O)Cc2ccccc2)C[C@@H]1O. The van der Waals surface area contributed by atoms with Crippen LogP contribution >= 0.6 is 0 Å². The van der Waals surface area contributed by atoms with Crippen molar-refractivity contribution in [2.24, 2.45) is 0 Å². The number of nitrogens with zero attached hydrogens (tertiary/aromatic N) is 2. The number of aliphatic hydroxyl groups excluding tert-OH is 1. The van der Waals surface area contributed by atoms with E-state index in [2.05, 4.69) is 0 Å². The van der Waals surface area contributed by atoms with Crippen LogP contribution in [0.25, 0.3) is 0 Å². The maximum atomic E-state index is 12.6. The maximum absolute atomic E-state index is 12.6. The number of hydrogen-bond acceptors (Lipinski definition) is 5. The Morgan fingerprint density at radius 2 is 1.90 bits per heavy atom. The van der Waals surface area contributed by atoms with Crippen molar-refractivity contribution < 1.29 is 19.7 Å². The molecule has 1 heterocycles. The molecule has 0 unspecified atom stereocenters. The number of para-hydroxylation sites is 1. The molecule has 0 aliphatic carbocycles. The monoisotopic (exact) mass is 398 g/mol. The number of ether oxygens (including phenoxy) is 1. The Morgan fingerprint density at radius 3 is 2.59 bits per heavy atom. The summed E-state index contributed by atoms with van der Waals surface area (Å²) >= 11 is 0. The van der Waals surface area contributed by atoms with Crippen molar-refractivity contribution in [1.29, 1.82) is 0 Å². The van der Waals surface area contributed by atoms with E-state index in [1.807, 2.05) is 66.5 Å². The largest absolute Gasteiger partial charge is 0.496 e. The normalized spacial score (nSPS) is 22.0. The standard InChI is InChI=1S/C23H30N2O4/c1-24(15-19-10-6-7-11-20(19)29-2)17-23(28)12-13-25(16-21(23)26)22(27)14-18-8-4-3-5-9-18/h3-11,21,26,28H,12-17H2,1-2H3/t21-,23-/m0/s1. The molecule has 156 valence electrons. The van der Waals surface area contributed by atoms with Gasteiger partial charge in [0.2, 0.25) is 5.91 Å². The fourth-order valence-electron chi connectivity index (χ4n) is 3.91. The second-order valence-electron chi connectivity index (χ2n) is 7.86. The van der Waals surface area contributed by atoms with Crippen molar-refractivity contribution in [3.63, 3.8) is 0 Å². The number of likely N-dealkylation sites (N-methyl/N-ethyl adjacent to an activating group) is 1. The van der Waals surface area contributed by atoms with E-state index in [1.165, 1.54) is 0 Å². The smallest absolute Gasteiger partial charge is 0.227 e. The Bertz CT molecular complexity index is 814. The molecule has 3 rings (SSSR count). The van der Waals surface area contributed by atoms with Gasteiger partial charge in [-0.2, -0.15) is 0 Å². The van der Waals surface area contributed by atoms with Gasteiger partial charge in [-0.3, -0.25) is 9.69 Å². The van der Waals surface area contributed by atoms with Crippen molar-refractivity contribution in [3.05, 3.63) is 65.7 Å². The number of carbonyl (C=O) groups excluding carboxylic acids is 1. The highest BCUT2D eigenvalue weighted by atomic mass is 16.5. The first-order valence-electron chi connectivity index (χ1n) is 9.94. The predicted octanol–water partition coefficient (Wildman–Crippen LogP) is 1.69. The second-order valence-corrected chi connectivity index (χ2v) is 7.86. The minimum absolute atomic E-state index is 0.0281. The lowest BCUT2D eigenvalue weighted by molar-refractivity contribution is -0.152. The van der Waals surface area contributed by atoms with Crippen LogP contribution in [0.4, 0.5) is 0 Å². The van der Waals surface area contributed by atoms with E-state index in [0.717, 1.165) is 16.9 Å². The van der Waals surface area contributed by atoms with E-state index in [9.17, 15) is 15.0 Å². The highest BCUT2D eigenvalue weighted by Crippen LogP contribution is 2.26. The first-order chi connectivity index (χ1) is 13.9. The van der Waals surface area contributed by atoms with Gasteiger partial charge in [0.05, 0.1) is 13.5 Å². The van der Waals surface area contributed by atoms with Gasteiger partial charge in [-0.1, -0.05) is 48.5 Å². The molecule has 0 spiro atoms. The lowest BCUT2D eigenvalue weighted by atomic mass is 9.87. The van der Waals surface area contributed by atoms with Crippen LogP contribution < -0.4 is 4.74 Å². The molecule has 1 aliphatic heterocycles. The van der Waals surface area contributed by atoms with Crippen LogP contribution in [0.3, 0.4) is 0 Å². The van der Waals surface area contributed by atoms with Crippen LogP contribution in [0.2, 0.25) is 0 Å². The Balaban J connectivity index is 1.56. The fourth-order valence-corrected chi connectivity index (χ4v) is 3.91. The van der Waals surface area contributed by atoms with Gasteiger partial charge in [0.25, 0.3) is 0 Å². The van der Waals surface area contributed by atoms with Crippen LogP contribution in [0.15, 0.2) is 54.6 Å². The third kappa shape index (κ3) is 5.35. The number of rotatable bonds is 7. The van der Waals surface area contributed by atoms with E-state index >= 15 is 0 Å². The first-order valence-corrected chi connectivity index (χ1v) is 9.94. The highest BCUT2D eigenvalue weighted by Gasteiger charge is 2.42. The van der Waals surface area contributed by atoms with Crippen LogP contribution in [-0.2, 0) is 17.8 Å². The summed E-state index contributed by atoms with van der Waals surface area (Å²) in [7, 11) is 3.54. The number of hydrogen-bond donors (Lipinski definition) is 2. The van der Waals surface area contributed by atoms with E-state index in [0.29, 0.717) is 32.5 Å². The van der Waals surface area contributed by atoms with Crippen molar-refractivity contribution in [3.8, 4) is 5.75 Å². The van der Waals surface area contributed by atoms with Crippen LogP contribution in [-0.4, -0.2) is 71.4 Å². The van der Waals surface area contributed by atoms with Gasteiger partial charge in [-0.25, -0.2) is 0 Å². The number of amides is 1. The maximum Gasteiger partial charge on any atom is 0.227 e. The molecule has 1 aliphatic rings. The van der Waals surface area contributed by atoms with E-state index < -0.39 is 11.7 Å². The topological polar surface area (TPSA) is 73.2 Å². The molecule has 2 aromatic rings. The predicted molar refractivity (Wildman–Crippen MR) is 112 cm³/mol. The molecule has 0 saturated carbocycles. The number of likely N-dealkylation sites (tertiary alicyclic amines) is 1. The summed E-state index contributed by atoms with van der Waals surface area (Å²) in [5, 5.41) is 21.7. The van der Waals surface area contributed by atoms with Crippen molar-refractivity contribution in [2.45, 2.75) is 31.1 Å². The molecule has 29 heavy (non-hydrogen) atoms. The molecule has 2 aromatic carbocycles. The molecule has 2 atom stereocenters. The molecular formula is C23H30N2O4. The number of methoxy groups -OCH3 is 1. The van der Waals surface area contributed by atoms with Gasteiger partial charge < -0.3 is 19.8 Å². The third-order valence-electron chi connectivity index (χ3n) is 5.56. The molecule has 0 aromatic heterocycles. The van der Waals surface area contributed by atoms with E-state index in [-0.39, 0.29) is 12.5 Å². The highest BCUT2D eigenvalue weighted by molar-refractivity contribution is 5.79. The molecule has 1 fully saturated rings. The number of piperidine rings is 1.